The topological polar surface area (TPSA) is 78.5 Å². The zero-order valence-electron chi connectivity index (χ0n) is 14.8. The van der Waals surface area contributed by atoms with Crippen molar-refractivity contribution in [3.8, 4) is 45.8 Å². The predicted octanol–water partition coefficient (Wildman–Crippen LogP) is 3.31. The Morgan fingerprint density at radius 3 is 2.15 bits per heavy atom. The van der Waals surface area contributed by atoms with Crippen LogP contribution in [0.1, 0.15) is 0 Å². The Labute approximate surface area is 149 Å². The summed E-state index contributed by atoms with van der Waals surface area (Å²) in [6.45, 7) is 0. The van der Waals surface area contributed by atoms with Crippen molar-refractivity contribution < 1.29 is 23.3 Å². The van der Waals surface area contributed by atoms with Crippen LogP contribution in [0.15, 0.2) is 30.3 Å². The lowest BCUT2D eigenvalue weighted by Gasteiger charge is -2.14. The molecule has 136 valence electrons. The summed E-state index contributed by atoms with van der Waals surface area (Å²) in [7, 11) is 6.00. The molecule has 2 aromatic carbocycles. The van der Waals surface area contributed by atoms with Gasteiger partial charge in [-0.1, -0.05) is 0 Å². The molecule has 0 spiro atoms. The summed E-state index contributed by atoms with van der Waals surface area (Å²) in [5.74, 6) is 1.90. The highest BCUT2D eigenvalue weighted by molar-refractivity contribution is 5.73. The van der Waals surface area contributed by atoms with Gasteiger partial charge < -0.3 is 18.9 Å². The normalized spacial score (nSPS) is 10.5. The fourth-order valence-electron chi connectivity index (χ4n) is 2.60. The van der Waals surface area contributed by atoms with Crippen molar-refractivity contribution in [1.82, 2.24) is 15.2 Å². The van der Waals surface area contributed by atoms with E-state index in [1.165, 1.54) is 33.5 Å². The summed E-state index contributed by atoms with van der Waals surface area (Å²) in [5, 5.41) is 7.00. The van der Waals surface area contributed by atoms with Gasteiger partial charge in [-0.25, -0.2) is 9.37 Å². The highest BCUT2D eigenvalue weighted by Gasteiger charge is 2.20. The maximum atomic E-state index is 13.9. The quantitative estimate of drug-likeness (QED) is 0.727. The molecule has 0 atom stereocenters. The third kappa shape index (κ3) is 3.01. The zero-order chi connectivity index (χ0) is 18.7. The minimum Gasteiger partial charge on any atom is -0.494 e. The first-order valence-corrected chi connectivity index (χ1v) is 7.68. The zero-order valence-corrected chi connectivity index (χ0v) is 14.8. The van der Waals surface area contributed by atoms with E-state index in [0.29, 0.717) is 40.0 Å². The van der Waals surface area contributed by atoms with Crippen molar-refractivity contribution in [2.24, 2.45) is 0 Å². The van der Waals surface area contributed by atoms with Gasteiger partial charge in [0.05, 0.1) is 34.0 Å². The van der Waals surface area contributed by atoms with Gasteiger partial charge in [0, 0.05) is 5.56 Å². The van der Waals surface area contributed by atoms with Crippen LogP contribution in [0, 0.1) is 5.82 Å². The minimum atomic E-state index is -0.486. The molecule has 0 aliphatic carbocycles. The van der Waals surface area contributed by atoms with Crippen molar-refractivity contribution in [3.05, 3.63) is 36.1 Å². The van der Waals surface area contributed by atoms with Gasteiger partial charge in [0.15, 0.2) is 34.7 Å². The third-order valence-corrected chi connectivity index (χ3v) is 3.85. The largest absolute Gasteiger partial charge is 0.494 e. The number of aromatic nitrogens is 3. The Hall–Kier alpha value is -3.29. The van der Waals surface area contributed by atoms with E-state index in [9.17, 15) is 4.39 Å². The van der Waals surface area contributed by atoms with Crippen LogP contribution in [-0.4, -0.2) is 43.6 Å². The molecule has 1 N–H and O–H groups in total. The van der Waals surface area contributed by atoms with Crippen LogP contribution < -0.4 is 18.9 Å². The number of benzene rings is 2. The number of nitrogens with one attached hydrogen (secondary N) is 1. The van der Waals surface area contributed by atoms with Gasteiger partial charge in [-0.2, -0.15) is 5.10 Å². The summed E-state index contributed by atoms with van der Waals surface area (Å²) in [6.07, 6.45) is 0. The molecular formula is C18H18FN3O4. The second-order valence-corrected chi connectivity index (χ2v) is 5.24. The van der Waals surface area contributed by atoms with Gasteiger partial charge >= 0.3 is 0 Å². The van der Waals surface area contributed by atoms with Gasteiger partial charge in [0.25, 0.3) is 0 Å². The maximum Gasteiger partial charge on any atom is 0.204 e. The molecule has 0 aliphatic rings. The van der Waals surface area contributed by atoms with E-state index in [0.717, 1.165) is 0 Å². The number of H-pyrrole nitrogens is 1. The summed E-state index contributed by atoms with van der Waals surface area (Å²) >= 11 is 0. The minimum absolute atomic E-state index is 0.158. The lowest BCUT2D eigenvalue weighted by Crippen LogP contribution is -1.97. The molecule has 3 aromatic rings. The van der Waals surface area contributed by atoms with Crippen molar-refractivity contribution in [2.45, 2.75) is 0 Å². The van der Waals surface area contributed by atoms with Crippen LogP contribution >= 0.6 is 0 Å². The van der Waals surface area contributed by atoms with Crippen molar-refractivity contribution in [1.29, 1.82) is 0 Å². The molecule has 0 saturated carbocycles. The van der Waals surface area contributed by atoms with E-state index < -0.39 is 5.82 Å². The molecule has 0 unspecified atom stereocenters. The Balaban J connectivity index is 2.04. The van der Waals surface area contributed by atoms with Crippen LogP contribution in [0.2, 0.25) is 0 Å². The van der Waals surface area contributed by atoms with Crippen LogP contribution in [0.3, 0.4) is 0 Å². The molecule has 1 heterocycles. The predicted molar refractivity (Wildman–Crippen MR) is 93.4 cm³/mol. The van der Waals surface area contributed by atoms with Crippen molar-refractivity contribution >= 4 is 0 Å². The number of hydrogen-bond donors (Lipinski definition) is 1. The number of halogens is 1. The molecule has 0 bridgehead atoms. The SMILES string of the molecule is COc1ccc(-c2n[nH]c(-c3ccc(OC)c(OC)c3OC)n2)cc1F. The second kappa shape index (κ2) is 7.30. The van der Waals surface area contributed by atoms with Gasteiger partial charge in [-0.15, -0.1) is 0 Å². The first-order valence-electron chi connectivity index (χ1n) is 7.68. The first-order chi connectivity index (χ1) is 12.6. The van der Waals surface area contributed by atoms with E-state index in [4.69, 9.17) is 18.9 Å². The van der Waals surface area contributed by atoms with Gasteiger partial charge in [0.2, 0.25) is 5.75 Å². The lowest BCUT2D eigenvalue weighted by atomic mass is 10.1. The highest BCUT2D eigenvalue weighted by atomic mass is 19.1. The molecule has 0 fully saturated rings. The van der Waals surface area contributed by atoms with E-state index in [1.807, 2.05) is 0 Å². The standard InChI is InChI=1S/C18H18FN3O4/c1-23-13-7-5-10(9-12(13)19)17-20-18(22-21-17)11-6-8-14(24-2)16(26-4)15(11)25-3/h5-9H,1-4H3,(H,20,21,22). The number of methoxy groups -OCH3 is 4. The molecule has 8 heteroatoms. The average molecular weight is 359 g/mol. The van der Waals surface area contributed by atoms with E-state index in [2.05, 4.69) is 15.2 Å². The van der Waals surface area contributed by atoms with Gasteiger partial charge in [0.1, 0.15) is 0 Å². The molecule has 7 nitrogen and oxygen atoms in total. The summed E-state index contributed by atoms with van der Waals surface area (Å²) in [4.78, 5) is 4.44. The molecule has 0 saturated heterocycles. The van der Waals surface area contributed by atoms with Gasteiger partial charge in [-0.3, -0.25) is 5.10 Å². The second-order valence-electron chi connectivity index (χ2n) is 5.24. The molecule has 26 heavy (non-hydrogen) atoms. The smallest absolute Gasteiger partial charge is 0.204 e. The van der Waals surface area contributed by atoms with Crippen LogP contribution in [-0.2, 0) is 0 Å². The fraction of sp³-hybridized carbons (Fsp3) is 0.222. The number of aromatic amines is 1. The summed E-state index contributed by atoms with van der Waals surface area (Å²) < 4.78 is 35.0. The Morgan fingerprint density at radius 1 is 0.846 bits per heavy atom. The summed E-state index contributed by atoms with van der Waals surface area (Å²) in [6, 6.07) is 8.04. The monoisotopic (exact) mass is 359 g/mol. The summed E-state index contributed by atoms with van der Waals surface area (Å²) in [5.41, 5.74) is 1.16. The lowest BCUT2D eigenvalue weighted by molar-refractivity contribution is 0.325. The molecule has 0 aliphatic heterocycles. The Bertz CT molecular complexity index is 927. The van der Waals surface area contributed by atoms with Gasteiger partial charge in [-0.05, 0) is 30.3 Å². The Morgan fingerprint density at radius 2 is 1.54 bits per heavy atom. The third-order valence-electron chi connectivity index (χ3n) is 3.85. The van der Waals surface area contributed by atoms with Crippen LogP contribution in [0.4, 0.5) is 4.39 Å². The highest BCUT2D eigenvalue weighted by Crippen LogP contribution is 2.43. The number of hydrogen-bond acceptors (Lipinski definition) is 6. The van der Waals surface area contributed by atoms with E-state index in [1.54, 1.807) is 25.3 Å². The first kappa shape index (κ1) is 17.5. The average Bonchev–Trinajstić information content (AvgIpc) is 3.16. The maximum absolute atomic E-state index is 13.9. The number of ether oxygens (including phenoxy) is 4. The fourth-order valence-corrected chi connectivity index (χ4v) is 2.60. The van der Waals surface area contributed by atoms with E-state index >= 15 is 0 Å². The molecule has 1 aromatic heterocycles. The van der Waals surface area contributed by atoms with E-state index in [-0.39, 0.29) is 5.75 Å². The molecule has 3 rings (SSSR count). The molecular weight excluding hydrogens is 341 g/mol. The van der Waals surface area contributed by atoms with Crippen LogP contribution in [0.5, 0.6) is 23.0 Å². The van der Waals surface area contributed by atoms with Crippen molar-refractivity contribution in [3.63, 3.8) is 0 Å². The molecule has 0 radical (unpaired) electrons. The molecule has 0 amide bonds. The van der Waals surface area contributed by atoms with Crippen LogP contribution in [0.25, 0.3) is 22.8 Å². The number of rotatable bonds is 6. The number of nitrogens with zero attached hydrogens (tertiary/aromatic N) is 2. The Kier molecular flexibility index (Phi) is 4.92. The van der Waals surface area contributed by atoms with Crippen molar-refractivity contribution in [2.75, 3.05) is 28.4 Å².